The molecule has 1 aliphatic heterocycles. The topological polar surface area (TPSA) is 32.3 Å². The Bertz CT molecular complexity index is 543. The Kier molecular flexibility index (Phi) is 6.98. The molecule has 1 heterocycles. The van der Waals surface area contributed by atoms with E-state index in [0.717, 1.165) is 51.0 Å². The first-order chi connectivity index (χ1) is 11.4. The van der Waals surface area contributed by atoms with Gasteiger partial charge in [-0.15, -0.1) is 11.8 Å². The van der Waals surface area contributed by atoms with Crippen molar-refractivity contribution in [2.45, 2.75) is 30.3 Å². The predicted molar refractivity (Wildman–Crippen MR) is 90.0 cm³/mol. The standard InChI is InChI=1S/C17H23F3N2OS/c1-21-8-5-13-6-9-22(10-7-13)16(23)12-24-15-4-2-3-14(11-15)17(18,19)20/h2-4,11,13,21H,5-10,12H2,1H3. The van der Waals surface area contributed by atoms with Crippen LogP contribution in [0.2, 0.25) is 0 Å². The van der Waals surface area contributed by atoms with Gasteiger partial charge in [0.15, 0.2) is 0 Å². The average molecular weight is 360 g/mol. The molecule has 1 saturated heterocycles. The summed E-state index contributed by atoms with van der Waals surface area (Å²) in [6.45, 7) is 2.48. The van der Waals surface area contributed by atoms with Crippen LogP contribution in [0.4, 0.5) is 13.2 Å². The maximum Gasteiger partial charge on any atom is 0.416 e. The molecule has 0 unspecified atom stereocenters. The van der Waals surface area contributed by atoms with Crippen LogP contribution in [0, 0.1) is 5.92 Å². The molecule has 0 spiro atoms. The number of rotatable bonds is 6. The van der Waals surface area contributed by atoms with Gasteiger partial charge in [0.05, 0.1) is 11.3 Å². The van der Waals surface area contributed by atoms with Gasteiger partial charge in [0.2, 0.25) is 5.91 Å². The number of nitrogens with one attached hydrogen (secondary N) is 1. The van der Waals surface area contributed by atoms with Crippen molar-refractivity contribution in [1.82, 2.24) is 10.2 Å². The highest BCUT2D eigenvalue weighted by Gasteiger charge is 2.30. The predicted octanol–water partition coefficient (Wildman–Crippen LogP) is 3.65. The third kappa shape index (κ3) is 5.70. The molecule has 0 bridgehead atoms. The van der Waals surface area contributed by atoms with Gasteiger partial charge in [0.25, 0.3) is 0 Å². The smallest absolute Gasteiger partial charge is 0.342 e. The molecule has 1 amide bonds. The molecule has 1 N–H and O–H groups in total. The summed E-state index contributed by atoms with van der Waals surface area (Å²) in [5.41, 5.74) is -0.676. The summed E-state index contributed by atoms with van der Waals surface area (Å²) in [4.78, 5) is 14.5. The molecule has 3 nitrogen and oxygen atoms in total. The Balaban J connectivity index is 1.80. The molecule has 1 fully saturated rings. The average Bonchev–Trinajstić information content (AvgIpc) is 2.58. The monoisotopic (exact) mass is 360 g/mol. The summed E-state index contributed by atoms with van der Waals surface area (Å²) in [5, 5.41) is 3.14. The Hall–Kier alpha value is -1.21. The fourth-order valence-electron chi connectivity index (χ4n) is 2.82. The molecule has 1 aromatic rings. The largest absolute Gasteiger partial charge is 0.416 e. The van der Waals surface area contributed by atoms with E-state index >= 15 is 0 Å². The molecule has 7 heteroatoms. The van der Waals surface area contributed by atoms with Crippen molar-refractivity contribution in [3.8, 4) is 0 Å². The Morgan fingerprint density at radius 3 is 2.67 bits per heavy atom. The van der Waals surface area contributed by atoms with Crippen LogP contribution >= 0.6 is 11.8 Å². The number of hydrogen-bond donors (Lipinski definition) is 1. The van der Waals surface area contributed by atoms with Crippen LogP contribution in [0.1, 0.15) is 24.8 Å². The molecular formula is C17H23F3N2OS. The fourth-order valence-corrected chi connectivity index (χ4v) is 3.68. The van der Waals surface area contributed by atoms with Crippen molar-refractivity contribution >= 4 is 17.7 Å². The first-order valence-electron chi connectivity index (χ1n) is 8.12. The molecular weight excluding hydrogens is 337 g/mol. The van der Waals surface area contributed by atoms with E-state index < -0.39 is 11.7 Å². The van der Waals surface area contributed by atoms with Crippen molar-refractivity contribution in [3.63, 3.8) is 0 Å². The third-order valence-corrected chi connectivity index (χ3v) is 5.27. The number of thioether (sulfide) groups is 1. The molecule has 134 valence electrons. The number of halogens is 3. The SMILES string of the molecule is CNCCC1CCN(C(=O)CSc2cccc(C(F)(F)F)c2)CC1. The van der Waals surface area contributed by atoms with Gasteiger partial charge in [-0.05, 0) is 57.0 Å². The highest BCUT2D eigenvalue weighted by atomic mass is 32.2. The van der Waals surface area contributed by atoms with E-state index in [9.17, 15) is 18.0 Å². The summed E-state index contributed by atoms with van der Waals surface area (Å²) in [7, 11) is 1.93. The molecule has 0 radical (unpaired) electrons. The highest BCUT2D eigenvalue weighted by molar-refractivity contribution is 8.00. The van der Waals surface area contributed by atoms with Crippen LogP contribution in [0.3, 0.4) is 0 Å². The number of likely N-dealkylation sites (tertiary alicyclic amines) is 1. The Morgan fingerprint density at radius 1 is 1.33 bits per heavy atom. The van der Waals surface area contributed by atoms with Gasteiger partial charge in [0.1, 0.15) is 0 Å². The van der Waals surface area contributed by atoms with E-state index in [0.29, 0.717) is 10.8 Å². The van der Waals surface area contributed by atoms with Crippen LogP contribution in [0.5, 0.6) is 0 Å². The Morgan fingerprint density at radius 2 is 2.04 bits per heavy atom. The van der Waals surface area contributed by atoms with Crippen LogP contribution in [0.25, 0.3) is 0 Å². The minimum absolute atomic E-state index is 0.00415. The number of hydrogen-bond acceptors (Lipinski definition) is 3. The lowest BCUT2D eigenvalue weighted by Gasteiger charge is -2.32. The van der Waals surface area contributed by atoms with Gasteiger partial charge < -0.3 is 10.2 Å². The summed E-state index contributed by atoms with van der Waals surface area (Å²) >= 11 is 1.17. The summed E-state index contributed by atoms with van der Waals surface area (Å²) in [5.74, 6) is 0.838. The van der Waals surface area contributed by atoms with E-state index in [1.165, 1.54) is 17.8 Å². The molecule has 1 aliphatic rings. The quantitative estimate of drug-likeness (QED) is 0.786. The van der Waals surface area contributed by atoms with Crippen LogP contribution in [0.15, 0.2) is 29.2 Å². The van der Waals surface area contributed by atoms with Gasteiger partial charge in [-0.2, -0.15) is 13.2 Å². The van der Waals surface area contributed by atoms with Crippen molar-refractivity contribution in [2.75, 3.05) is 32.4 Å². The van der Waals surface area contributed by atoms with Gasteiger partial charge in [-0.25, -0.2) is 0 Å². The van der Waals surface area contributed by atoms with E-state index in [1.54, 1.807) is 6.07 Å². The Labute approximate surface area is 145 Å². The summed E-state index contributed by atoms with van der Waals surface area (Å²) < 4.78 is 38.1. The minimum atomic E-state index is -4.35. The molecule has 24 heavy (non-hydrogen) atoms. The van der Waals surface area contributed by atoms with Gasteiger partial charge in [0, 0.05) is 18.0 Å². The second kappa shape index (κ2) is 8.76. The number of piperidine rings is 1. The number of carbonyl (C=O) groups is 1. The third-order valence-electron chi connectivity index (χ3n) is 4.29. The van der Waals surface area contributed by atoms with Crippen molar-refractivity contribution < 1.29 is 18.0 Å². The normalized spacial score (nSPS) is 16.4. The van der Waals surface area contributed by atoms with Gasteiger partial charge in [-0.1, -0.05) is 6.07 Å². The second-order valence-electron chi connectivity index (χ2n) is 6.03. The van der Waals surface area contributed by atoms with Gasteiger partial charge in [-0.3, -0.25) is 4.79 Å². The van der Waals surface area contributed by atoms with Crippen LogP contribution < -0.4 is 5.32 Å². The van der Waals surface area contributed by atoms with E-state index in [1.807, 2.05) is 11.9 Å². The highest BCUT2D eigenvalue weighted by Crippen LogP contribution is 2.32. The zero-order valence-electron chi connectivity index (χ0n) is 13.7. The first kappa shape index (κ1) is 19.1. The van der Waals surface area contributed by atoms with Gasteiger partial charge >= 0.3 is 6.18 Å². The maximum atomic E-state index is 12.7. The molecule has 0 atom stereocenters. The van der Waals surface area contributed by atoms with Crippen molar-refractivity contribution in [2.24, 2.45) is 5.92 Å². The van der Waals surface area contributed by atoms with E-state index in [-0.39, 0.29) is 11.7 Å². The summed E-state index contributed by atoms with van der Waals surface area (Å²) in [6.07, 6.45) is -1.23. The first-order valence-corrected chi connectivity index (χ1v) is 9.11. The second-order valence-corrected chi connectivity index (χ2v) is 7.08. The van der Waals surface area contributed by atoms with E-state index in [2.05, 4.69) is 5.32 Å². The number of benzene rings is 1. The lowest BCUT2D eigenvalue weighted by Crippen LogP contribution is -2.39. The molecule has 1 aromatic carbocycles. The van der Waals surface area contributed by atoms with Crippen LogP contribution in [-0.2, 0) is 11.0 Å². The maximum absolute atomic E-state index is 12.7. The molecule has 0 saturated carbocycles. The lowest BCUT2D eigenvalue weighted by molar-refractivity contribution is -0.137. The zero-order chi connectivity index (χ0) is 17.6. The number of amides is 1. The minimum Gasteiger partial charge on any atom is -0.342 e. The van der Waals surface area contributed by atoms with Crippen molar-refractivity contribution in [3.05, 3.63) is 29.8 Å². The fraction of sp³-hybridized carbons (Fsp3) is 0.588. The number of nitrogens with zero attached hydrogens (tertiary/aromatic N) is 1. The number of carbonyl (C=O) groups excluding carboxylic acids is 1. The molecule has 0 aromatic heterocycles. The van der Waals surface area contributed by atoms with E-state index in [4.69, 9.17) is 0 Å². The molecule has 0 aliphatic carbocycles. The van der Waals surface area contributed by atoms with Crippen LogP contribution in [-0.4, -0.2) is 43.2 Å². The lowest BCUT2D eigenvalue weighted by atomic mass is 9.93. The summed E-state index contributed by atoms with van der Waals surface area (Å²) in [6, 6.07) is 5.13. The zero-order valence-corrected chi connectivity index (χ0v) is 14.6. The molecule has 2 rings (SSSR count). The number of alkyl halides is 3. The van der Waals surface area contributed by atoms with Crippen molar-refractivity contribution in [1.29, 1.82) is 0 Å².